The van der Waals surface area contributed by atoms with Crippen LogP contribution in [0.25, 0.3) is 0 Å². The zero-order valence-electron chi connectivity index (χ0n) is 13.0. The van der Waals surface area contributed by atoms with Crippen molar-refractivity contribution in [3.63, 3.8) is 0 Å². The molecule has 6 heteroatoms. The molecule has 0 aliphatic carbocycles. The Kier molecular flexibility index (Phi) is 6.87. The Hall–Kier alpha value is -1.56. The fraction of sp³-hybridized carbons (Fsp3) is 0.500. The van der Waals surface area contributed by atoms with E-state index < -0.39 is 11.9 Å². The lowest BCUT2D eigenvalue weighted by molar-refractivity contribution is 0.0646. The predicted molar refractivity (Wildman–Crippen MR) is 87.2 cm³/mol. The number of carboxylic acid groups (broad SMARTS) is 2. The Morgan fingerprint density at radius 1 is 1.00 bits per heavy atom. The highest BCUT2D eigenvalue weighted by molar-refractivity contribution is 9.10. The van der Waals surface area contributed by atoms with Gasteiger partial charge in [0, 0.05) is 0 Å². The van der Waals surface area contributed by atoms with Crippen molar-refractivity contribution in [2.45, 2.75) is 46.5 Å². The van der Waals surface area contributed by atoms with Crippen LogP contribution in [0.3, 0.4) is 0 Å². The van der Waals surface area contributed by atoms with E-state index in [0.717, 1.165) is 25.7 Å². The molecule has 2 N–H and O–H groups in total. The zero-order chi connectivity index (χ0) is 16.9. The number of unbranched alkanes of at least 4 members (excludes halogenated alkanes) is 3. The Balaban J connectivity index is 3.24. The third-order valence-electron chi connectivity index (χ3n) is 3.62. The van der Waals surface area contributed by atoms with Crippen molar-refractivity contribution in [1.29, 1.82) is 0 Å². The molecular formula is C16H21BrO5. The molecule has 5 nitrogen and oxygen atoms in total. The molecule has 0 bridgehead atoms. The summed E-state index contributed by atoms with van der Waals surface area (Å²) in [5, 5.41) is 18.8. The second-order valence-corrected chi connectivity index (χ2v) is 5.96. The molecule has 0 aliphatic heterocycles. The van der Waals surface area contributed by atoms with Crippen LogP contribution in [0.15, 0.2) is 4.47 Å². The van der Waals surface area contributed by atoms with E-state index in [1.54, 1.807) is 13.8 Å². The van der Waals surface area contributed by atoms with Crippen LogP contribution in [-0.2, 0) is 0 Å². The van der Waals surface area contributed by atoms with Gasteiger partial charge in [0.1, 0.15) is 11.3 Å². The summed E-state index contributed by atoms with van der Waals surface area (Å²) in [6.07, 6.45) is 3.97. The number of rotatable bonds is 8. The van der Waals surface area contributed by atoms with Gasteiger partial charge in [-0.25, -0.2) is 9.59 Å². The Labute approximate surface area is 138 Å². The molecule has 122 valence electrons. The molecule has 0 aliphatic rings. The standard InChI is InChI=1S/C16H21BrO5/c1-4-5-6-7-8-22-14-12(16(20)21)11(15(18)19)9(2)10(3)13(14)17/h4-8H2,1-3H3,(H,18,19)(H,20,21). The molecule has 0 amide bonds. The van der Waals surface area contributed by atoms with Crippen LogP contribution < -0.4 is 4.74 Å². The first-order chi connectivity index (χ1) is 10.3. The van der Waals surface area contributed by atoms with E-state index in [2.05, 4.69) is 22.9 Å². The molecule has 0 heterocycles. The minimum absolute atomic E-state index is 0.101. The highest BCUT2D eigenvalue weighted by Gasteiger charge is 2.28. The molecular weight excluding hydrogens is 352 g/mol. The largest absolute Gasteiger partial charge is 0.491 e. The molecule has 0 unspecified atom stereocenters. The Morgan fingerprint density at radius 2 is 1.59 bits per heavy atom. The van der Waals surface area contributed by atoms with Crippen molar-refractivity contribution in [3.8, 4) is 5.75 Å². The quantitative estimate of drug-likeness (QED) is 0.659. The highest BCUT2D eigenvalue weighted by atomic mass is 79.9. The first-order valence-electron chi connectivity index (χ1n) is 7.24. The van der Waals surface area contributed by atoms with Crippen LogP contribution in [0.2, 0.25) is 0 Å². The smallest absolute Gasteiger partial charge is 0.340 e. The topological polar surface area (TPSA) is 83.8 Å². The number of carbonyl (C=O) groups is 2. The van der Waals surface area contributed by atoms with Crippen molar-refractivity contribution in [3.05, 3.63) is 26.7 Å². The van der Waals surface area contributed by atoms with E-state index in [0.29, 0.717) is 22.2 Å². The lowest BCUT2D eigenvalue weighted by Gasteiger charge is -2.18. The van der Waals surface area contributed by atoms with E-state index in [4.69, 9.17) is 4.74 Å². The number of ether oxygens (including phenoxy) is 1. The first kappa shape index (κ1) is 18.5. The zero-order valence-corrected chi connectivity index (χ0v) is 14.6. The molecule has 1 aromatic rings. The maximum absolute atomic E-state index is 11.5. The molecule has 0 aromatic heterocycles. The number of benzene rings is 1. The van der Waals surface area contributed by atoms with Crippen molar-refractivity contribution >= 4 is 27.9 Å². The molecule has 0 fully saturated rings. The van der Waals surface area contributed by atoms with Gasteiger partial charge in [0.15, 0.2) is 0 Å². The predicted octanol–water partition coefficient (Wildman–Crippen LogP) is 4.42. The van der Waals surface area contributed by atoms with Crippen molar-refractivity contribution < 1.29 is 24.5 Å². The molecule has 1 rings (SSSR count). The van der Waals surface area contributed by atoms with E-state index in [9.17, 15) is 19.8 Å². The SMILES string of the molecule is CCCCCCOc1c(Br)c(C)c(C)c(C(=O)O)c1C(=O)O. The van der Waals surface area contributed by atoms with E-state index in [1.165, 1.54) is 0 Å². The normalized spacial score (nSPS) is 10.5. The summed E-state index contributed by atoms with van der Waals surface area (Å²) in [5.74, 6) is -2.46. The number of aromatic carboxylic acids is 2. The van der Waals surface area contributed by atoms with Crippen molar-refractivity contribution in [2.24, 2.45) is 0 Å². The van der Waals surface area contributed by atoms with Gasteiger partial charge in [-0.3, -0.25) is 0 Å². The first-order valence-corrected chi connectivity index (χ1v) is 8.04. The number of hydrogen-bond donors (Lipinski definition) is 2. The Morgan fingerprint density at radius 3 is 2.09 bits per heavy atom. The van der Waals surface area contributed by atoms with Crippen LogP contribution >= 0.6 is 15.9 Å². The summed E-state index contributed by atoms with van der Waals surface area (Å²) >= 11 is 3.34. The summed E-state index contributed by atoms with van der Waals surface area (Å²) in [4.78, 5) is 23.0. The lowest BCUT2D eigenvalue weighted by atomic mass is 9.96. The van der Waals surface area contributed by atoms with Crippen LogP contribution in [0, 0.1) is 13.8 Å². The van der Waals surface area contributed by atoms with Gasteiger partial charge < -0.3 is 14.9 Å². The fourth-order valence-electron chi connectivity index (χ4n) is 2.24. The monoisotopic (exact) mass is 372 g/mol. The van der Waals surface area contributed by atoms with Gasteiger partial charge >= 0.3 is 11.9 Å². The second-order valence-electron chi connectivity index (χ2n) is 5.16. The minimum atomic E-state index is -1.30. The van der Waals surface area contributed by atoms with Gasteiger partial charge in [0.2, 0.25) is 0 Å². The fourth-order valence-corrected chi connectivity index (χ4v) is 2.85. The van der Waals surface area contributed by atoms with E-state index in [1.807, 2.05) is 0 Å². The van der Waals surface area contributed by atoms with Crippen LogP contribution in [0.4, 0.5) is 0 Å². The maximum atomic E-state index is 11.5. The average molecular weight is 373 g/mol. The number of halogens is 1. The minimum Gasteiger partial charge on any atom is -0.491 e. The molecule has 1 aromatic carbocycles. The van der Waals surface area contributed by atoms with Crippen LogP contribution in [-0.4, -0.2) is 28.8 Å². The van der Waals surface area contributed by atoms with Gasteiger partial charge in [-0.05, 0) is 47.3 Å². The van der Waals surface area contributed by atoms with E-state index in [-0.39, 0.29) is 16.9 Å². The number of carboxylic acids is 2. The Bertz CT molecular complexity index is 581. The summed E-state index contributed by atoms with van der Waals surface area (Å²) in [6.45, 7) is 5.80. The van der Waals surface area contributed by atoms with E-state index >= 15 is 0 Å². The average Bonchev–Trinajstić information content (AvgIpc) is 2.45. The molecule has 0 spiro atoms. The van der Waals surface area contributed by atoms with Gasteiger partial charge in [-0.1, -0.05) is 26.2 Å². The van der Waals surface area contributed by atoms with Gasteiger partial charge in [-0.2, -0.15) is 0 Å². The lowest BCUT2D eigenvalue weighted by Crippen LogP contribution is -2.15. The summed E-state index contributed by atoms with van der Waals surface area (Å²) in [7, 11) is 0. The van der Waals surface area contributed by atoms with Gasteiger partial charge in [-0.15, -0.1) is 0 Å². The van der Waals surface area contributed by atoms with Crippen LogP contribution in [0.1, 0.15) is 64.4 Å². The molecule has 22 heavy (non-hydrogen) atoms. The van der Waals surface area contributed by atoms with Crippen LogP contribution in [0.5, 0.6) is 5.75 Å². The second kappa shape index (κ2) is 8.17. The third kappa shape index (κ3) is 4.00. The maximum Gasteiger partial charge on any atom is 0.340 e. The molecule has 0 atom stereocenters. The van der Waals surface area contributed by atoms with Crippen molar-refractivity contribution in [1.82, 2.24) is 0 Å². The van der Waals surface area contributed by atoms with Gasteiger partial charge in [0.25, 0.3) is 0 Å². The summed E-state index contributed by atoms with van der Waals surface area (Å²) in [6, 6.07) is 0. The molecule has 0 saturated carbocycles. The van der Waals surface area contributed by atoms with Crippen molar-refractivity contribution in [2.75, 3.05) is 6.61 Å². The molecule has 0 saturated heterocycles. The number of hydrogen-bond acceptors (Lipinski definition) is 3. The molecule has 0 radical (unpaired) electrons. The summed E-state index contributed by atoms with van der Waals surface area (Å²) < 4.78 is 6.11. The third-order valence-corrected chi connectivity index (χ3v) is 4.57. The summed E-state index contributed by atoms with van der Waals surface area (Å²) in [5.41, 5.74) is 0.593. The highest BCUT2D eigenvalue weighted by Crippen LogP contribution is 2.38. The van der Waals surface area contributed by atoms with Gasteiger partial charge in [0.05, 0.1) is 16.6 Å².